The van der Waals surface area contributed by atoms with Crippen LogP contribution in [0.4, 0.5) is 0 Å². The molecule has 2 aromatic carbocycles. The Morgan fingerprint density at radius 3 is 2.74 bits per heavy atom. The number of carboxylic acid groups (broad SMARTS) is 1. The van der Waals surface area contributed by atoms with Crippen LogP contribution < -0.4 is 4.74 Å². The van der Waals surface area contributed by atoms with Gasteiger partial charge in [0.15, 0.2) is 18.3 Å². The van der Waals surface area contributed by atoms with E-state index in [1.807, 2.05) is 42.5 Å². The first-order valence-electron chi connectivity index (χ1n) is 12.7. The van der Waals surface area contributed by atoms with E-state index in [0.29, 0.717) is 36.9 Å². The van der Waals surface area contributed by atoms with Gasteiger partial charge in [-0.2, -0.15) is 0 Å². The van der Waals surface area contributed by atoms with Crippen molar-refractivity contribution in [3.05, 3.63) is 59.2 Å². The van der Waals surface area contributed by atoms with Crippen molar-refractivity contribution < 1.29 is 29.3 Å². The number of carbonyl (C=O) groups is 2. The zero-order valence-corrected chi connectivity index (χ0v) is 20.2. The van der Waals surface area contributed by atoms with Crippen LogP contribution in [0.25, 0.3) is 0 Å². The summed E-state index contributed by atoms with van der Waals surface area (Å²) < 4.78 is 11.4. The fourth-order valence-corrected chi connectivity index (χ4v) is 7.17. The van der Waals surface area contributed by atoms with Gasteiger partial charge in [-0.1, -0.05) is 37.3 Å². The molecule has 0 bridgehead atoms. The van der Waals surface area contributed by atoms with Crippen molar-refractivity contribution in [1.29, 1.82) is 0 Å². The molecule has 2 fully saturated rings. The van der Waals surface area contributed by atoms with Gasteiger partial charge in [-0.15, -0.1) is 0 Å². The van der Waals surface area contributed by atoms with Crippen molar-refractivity contribution in [3.8, 4) is 11.5 Å². The van der Waals surface area contributed by atoms with Crippen LogP contribution in [-0.2, 0) is 27.4 Å². The Kier molecular flexibility index (Phi) is 6.58. The Hall–Kier alpha value is -2.86. The number of ketones is 1. The van der Waals surface area contributed by atoms with E-state index in [4.69, 9.17) is 9.47 Å². The molecule has 2 saturated carbocycles. The summed E-state index contributed by atoms with van der Waals surface area (Å²) in [4.78, 5) is 24.2. The first-order valence-corrected chi connectivity index (χ1v) is 12.7. The van der Waals surface area contributed by atoms with Gasteiger partial charge < -0.3 is 19.7 Å². The molecule has 35 heavy (non-hydrogen) atoms. The van der Waals surface area contributed by atoms with Crippen LogP contribution in [0, 0.1) is 23.2 Å². The van der Waals surface area contributed by atoms with E-state index < -0.39 is 5.97 Å². The van der Waals surface area contributed by atoms with E-state index in [0.717, 1.165) is 36.8 Å². The van der Waals surface area contributed by atoms with Gasteiger partial charge in [-0.3, -0.25) is 9.59 Å². The number of hydrogen-bond donors (Lipinski definition) is 2. The average Bonchev–Trinajstić information content (AvgIpc) is 3.11. The summed E-state index contributed by atoms with van der Waals surface area (Å²) in [6, 6.07) is 13.7. The molecule has 3 unspecified atom stereocenters. The first-order chi connectivity index (χ1) is 16.9. The fraction of sp³-hybridized carbons (Fsp3) is 0.517. The van der Waals surface area contributed by atoms with E-state index >= 15 is 0 Å². The van der Waals surface area contributed by atoms with Crippen LogP contribution in [0.5, 0.6) is 11.5 Å². The number of hydrogen-bond acceptors (Lipinski definition) is 5. The predicted molar refractivity (Wildman–Crippen MR) is 130 cm³/mol. The molecule has 0 aliphatic heterocycles. The topological polar surface area (TPSA) is 93.1 Å². The Morgan fingerprint density at radius 1 is 1.17 bits per heavy atom. The normalized spacial score (nSPS) is 29.2. The molecule has 2 aromatic rings. The largest absolute Gasteiger partial charge is 0.504 e. The second kappa shape index (κ2) is 9.65. The van der Waals surface area contributed by atoms with Gasteiger partial charge in [-0.05, 0) is 84.6 Å². The van der Waals surface area contributed by atoms with E-state index in [-0.39, 0.29) is 42.1 Å². The van der Waals surface area contributed by atoms with Gasteiger partial charge in [0, 0.05) is 18.3 Å². The maximum Gasteiger partial charge on any atom is 0.303 e. The summed E-state index contributed by atoms with van der Waals surface area (Å²) in [5.41, 5.74) is 3.07. The molecule has 186 valence electrons. The van der Waals surface area contributed by atoms with Crippen molar-refractivity contribution in [2.24, 2.45) is 23.2 Å². The standard InChI is InChI=1S/C29H34O6/c1-29-12-11-21-22(28(29)20(14-26(29)31)8-10-27(32)33)9-7-19-13-25(24(30)15-23(19)21)35-17-34-16-18-5-3-2-4-6-18/h2-6,13,15,20-22,28,30H,7-12,14,16-17H2,1H3,(H,32,33)/t20-,21?,22?,28?,29-/m1/s1. The number of fused-ring (bicyclic) bond motifs is 5. The summed E-state index contributed by atoms with van der Waals surface area (Å²) in [5, 5.41) is 20.0. The zero-order valence-electron chi connectivity index (χ0n) is 20.2. The zero-order chi connectivity index (χ0) is 24.6. The Morgan fingerprint density at radius 2 is 1.97 bits per heavy atom. The molecule has 0 heterocycles. The molecule has 0 amide bonds. The highest BCUT2D eigenvalue weighted by Crippen LogP contribution is 2.62. The monoisotopic (exact) mass is 478 g/mol. The van der Waals surface area contributed by atoms with Gasteiger partial charge >= 0.3 is 5.97 Å². The van der Waals surface area contributed by atoms with Crippen molar-refractivity contribution in [3.63, 3.8) is 0 Å². The smallest absolute Gasteiger partial charge is 0.303 e. The van der Waals surface area contributed by atoms with Crippen LogP contribution in [0.3, 0.4) is 0 Å². The third-order valence-electron chi connectivity index (χ3n) is 8.79. The molecule has 5 atom stereocenters. The van der Waals surface area contributed by atoms with Gasteiger partial charge in [0.2, 0.25) is 0 Å². The van der Waals surface area contributed by atoms with Crippen molar-refractivity contribution in [2.45, 2.75) is 64.4 Å². The lowest BCUT2D eigenvalue weighted by molar-refractivity contribution is -0.137. The number of rotatable bonds is 8. The predicted octanol–water partition coefficient (Wildman–Crippen LogP) is 5.46. The van der Waals surface area contributed by atoms with E-state index in [1.54, 1.807) is 0 Å². The Bertz CT molecular complexity index is 1100. The number of aryl methyl sites for hydroxylation is 1. The summed E-state index contributed by atoms with van der Waals surface area (Å²) in [5.74, 6) is 1.04. The number of ether oxygens (including phenoxy) is 2. The number of phenolic OH excluding ortho intramolecular Hbond substituents is 1. The summed E-state index contributed by atoms with van der Waals surface area (Å²) >= 11 is 0. The third-order valence-corrected chi connectivity index (χ3v) is 8.79. The summed E-state index contributed by atoms with van der Waals surface area (Å²) in [6.45, 7) is 2.61. The Balaban J connectivity index is 1.30. The van der Waals surface area contributed by atoms with Crippen LogP contribution in [0.2, 0.25) is 0 Å². The molecule has 0 aromatic heterocycles. The van der Waals surface area contributed by atoms with E-state index in [2.05, 4.69) is 6.92 Å². The second-order valence-corrected chi connectivity index (χ2v) is 10.7. The van der Waals surface area contributed by atoms with Crippen molar-refractivity contribution >= 4 is 11.8 Å². The number of carboxylic acids is 1. The summed E-state index contributed by atoms with van der Waals surface area (Å²) in [6.07, 6.45) is 4.78. The lowest BCUT2D eigenvalue weighted by atomic mass is 9.54. The second-order valence-electron chi connectivity index (χ2n) is 10.7. The minimum atomic E-state index is -0.794. The molecule has 0 radical (unpaired) electrons. The van der Waals surface area contributed by atoms with Gasteiger partial charge in [-0.25, -0.2) is 0 Å². The minimum absolute atomic E-state index is 0.0566. The van der Waals surface area contributed by atoms with Crippen LogP contribution in [0.1, 0.15) is 68.1 Å². The van der Waals surface area contributed by atoms with E-state index in [1.165, 1.54) is 5.56 Å². The first kappa shape index (κ1) is 23.9. The number of aromatic hydroxyl groups is 1. The van der Waals surface area contributed by atoms with Gasteiger partial charge in [0.25, 0.3) is 0 Å². The summed E-state index contributed by atoms with van der Waals surface area (Å²) in [7, 11) is 0. The molecule has 0 saturated heterocycles. The number of aliphatic carboxylic acids is 1. The Labute approximate surface area is 206 Å². The number of Topliss-reactive ketones (excluding diaryl/α,β-unsaturated/α-hetero) is 1. The molecular weight excluding hydrogens is 444 g/mol. The molecule has 3 aliphatic rings. The molecule has 2 N–H and O–H groups in total. The molecule has 6 heteroatoms. The number of carbonyl (C=O) groups excluding carboxylic acids is 1. The maximum atomic E-state index is 13.0. The fourth-order valence-electron chi connectivity index (χ4n) is 7.17. The van der Waals surface area contributed by atoms with Crippen LogP contribution in [0.15, 0.2) is 42.5 Å². The molecule has 6 nitrogen and oxygen atoms in total. The lowest BCUT2D eigenvalue weighted by Gasteiger charge is -2.50. The maximum absolute atomic E-state index is 13.0. The highest BCUT2D eigenvalue weighted by Gasteiger charge is 2.58. The van der Waals surface area contributed by atoms with Gasteiger partial charge in [0.05, 0.1) is 6.61 Å². The highest BCUT2D eigenvalue weighted by molar-refractivity contribution is 5.87. The quantitative estimate of drug-likeness (QED) is 0.387. The number of phenols is 1. The molecular formula is C29H34O6. The average molecular weight is 479 g/mol. The van der Waals surface area contributed by atoms with E-state index in [9.17, 15) is 19.8 Å². The lowest BCUT2D eigenvalue weighted by Crippen LogP contribution is -2.44. The molecule has 0 spiro atoms. The van der Waals surface area contributed by atoms with Crippen molar-refractivity contribution in [1.82, 2.24) is 0 Å². The van der Waals surface area contributed by atoms with Crippen LogP contribution in [-0.4, -0.2) is 28.8 Å². The molecule has 3 aliphatic carbocycles. The molecule has 5 rings (SSSR count). The minimum Gasteiger partial charge on any atom is -0.504 e. The van der Waals surface area contributed by atoms with Crippen molar-refractivity contribution in [2.75, 3.05) is 6.79 Å². The third kappa shape index (κ3) is 4.56. The van der Waals surface area contributed by atoms with Gasteiger partial charge in [0.1, 0.15) is 5.78 Å². The number of benzene rings is 2. The highest BCUT2D eigenvalue weighted by atomic mass is 16.7. The SMILES string of the molecule is C[C@]12CCC3c4cc(O)c(OCOCc5ccccc5)cc4CCC3C1[C@H](CCC(=O)O)CC2=O. The van der Waals surface area contributed by atoms with Crippen LogP contribution >= 0.6 is 0 Å².